The van der Waals surface area contributed by atoms with Crippen molar-refractivity contribution in [3.8, 4) is 0 Å². The van der Waals surface area contributed by atoms with E-state index in [1.54, 1.807) is 4.90 Å². The first-order valence-corrected chi connectivity index (χ1v) is 9.79. The molecule has 0 atom stereocenters. The van der Waals surface area contributed by atoms with Crippen LogP contribution in [-0.2, 0) is 24.1 Å². The molecule has 2 aromatic rings. The molecule has 1 saturated heterocycles. The first-order valence-electron chi connectivity index (χ1n) is 8.99. The lowest BCUT2D eigenvalue weighted by Gasteiger charge is -2.16. The number of benzene rings is 2. The summed E-state index contributed by atoms with van der Waals surface area (Å²) in [6.45, 7) is 1.48. The molecule has 0 aromatic heterocycles. The van der Waals surface area contributed by atoms with Gasteiger partial charge in [0.05, 0.1) is 5.56 Å². The zero-order valence-electron chi connectivity index (χ0n) is 15.4. The highest BCUT2D eigenvalue weighted by Crippen LogP contribution is 2.36. The third-order valence-corrected chi connectivity index (χ3v) is 5.21. The number of likely N-dealkylation sites (tertiary alicyclic amines) is 1. The molecule has 2 N–H and O–H groups in total. The fourth-order valence-electron chi connectivity index (χ4n) is 3.11. The van der Waals surface area contributed by atoms with Crippen LogP contribution in [0.1, 0.15) is 29.5 Å². The average Bonchev–Trinajstić information content (AvgIpc) is 3.06. The highest BCUT2D eigenvalue weighted by Gasteiger charge is 2.33. The first-order chi connectivity index (χ1) is 13.7. The number of alkyl halides is 3. The van der Waals surface area contributed by atoms with Gasteiger partial charge in [0.15, 0.2) is 0 Å². The number of hydrogen-bond acceptors (Lipinski definition) is 2. The lowest BCUT2D eigenvalue weighted by Crippen LogP contribution is -2.28. The summed E-state index contributed by atoms with van der Waals surface area (Å²) in [7, 11) is 0. The summed E-state index contributed by atoms with van der Waals surface area (Å²) < 4.78 is 38.8. The molecule has 5 nitrogen and oxygen atoms in total. The van der Waals surface area contributed by atoms with Crippen LogP contribution in [0, 0.1) is 0 Å². The standard InChI is InChI=1S/C20H19BrF3N3O2/c21-17-7-6-15(10-16(17)20(22,23)24)26-19(29)25-11-13-3-1-4-14(9-13)12-27-8-2-5-18(27)28/h1,3-4,6-7,9-10H,2,5,8,11-12H2,(H2,25,26,29). The Balaban J connectivity index is 1.57. The van der Waals surface area contributed by atoms with Crippen LogP contribution in [0.2, 0.25) is 0 Å². The minimum absolute atomic E-state index is 0.0410. The van der Waals surface area contributed by atoms with Crippen LogP contribution >= 0.6 is 15.9 Å². The monoisotopic (exact) mass is 469 g/mol. The number of nitrogens with one attached hydrogen (secondary N) is 2. The van der Waals surface area contributed by atoms with Gasteiger partial charge in [-0.05, 0) is 35.7 Å². The Morgan fingerprint density at radius 2 is 1.90 bits per heavy atom. The zero-order chi connectivity index (χ0) is 21.0. The molecule has 0 radical (unpaired) electrons. The fraction of sp³-hybridized carbons (Fsp3) is 0.300. The van der Waals surface area contributed by atoms with Crippen molar-refractivity contribution in [3.05, 3.63) is 63.6 Å². The molecule has 0 aliphatic carbocycles. The van der Waals surface area contributed by atoms with E-state index in [0.717, 1.165) is 30.2 Å². The van der Waals surface area contributed by atoms with E-state index in [1.165, 1.54) is 12.1 Å². The molecule has 9 heteroatoms. The summed E-state index contributed by atoms with van der Waals surface area (Å²) in [5.41, 5.74) is 0.970. The van der Waals surface area contributed by atoms with Crippen molar-refractivity contribution in [1.82, 2.24) is 10.2 Å². The highest BCUT2D eigenvalue weighted by atomic mass is 79.9. The van der Waals surface area contributed by atoms with Crippen molar-refractivity contribution in [2.24, 2.45) is 0 Å². The minimum atomic E-state index is -4.52. The number of carbonyl (C=O) groups is 2. The lowest BCUT2D eigenvalue weighted by atomic mass is 10.1. The molecule has 3 rings (SSSR count). The Morgan fingerprint density at radius 1 is 1.14 bits per heavy atom. The maximum absolute atomic E-state index is 13.0. The molecule has 154 valence electrons. The van der Waals surface area contributed by atoms with Gasteiger partial charge in [0.2, 0.25) is 5.91 Å². The van der Waals surface area contributed by atoms with Gasteiger partial charge in [0.25, 0.3) is 0 Å². The predicted octanol–water partition coefficient (Wildman–Crippen LogP) is 4.91. The van der Waals surface area contributed by atoms with E-state index >= 15 is 0 Å². The van der Waals surface area contributed by atoms with Gasteiger partial charge in [0.1, 0.15) is 0 Å². The Hall–Kier alpha value is -2.55. The molecule has 1 fully saturated rings. The molecule has 2 aromatic carbocycles. The van der Waals surface area contributed by atoms with Crippen molar-refractivity contribution in [3.63, 3.8) is 0 Å². The number of nitrogens with zero attached hydrogens (tertiary/aromatic N) is 1. The second kappa shape index (κ2) is 8.86. The van der Waals surface area contributed by atoms with E-state index in [0.29, 0.717) is 13.0 Å². The number of hydrogen-bond donors (Lipinski definition) is 2. The van der Waals surface area contributed by atoms with E-state index in [9.17, 15) is 22.8 Å². The summed E-state index contributed by atoms with van der Waals surface area (Å²) in [5, 5.41) is 5.03. The van der Waals surface area contributed by atoms with E-state index in [-0.39, 0.29) is 22.6 Å². The van der Waals surface area contributed by atoms with Gasteiger partial charge in [-0.25, -0.2) is 4.79 Å². The summed E-state index contributed by atoms with van der Waals surface area (Å²) in [4.78, 5) is 25.6. The van der Waals surface area contributed by atoms with Crippen molar-refractivity contribution in [2.75, 3.05) is 11.9 Å². The molecule has 0 saturated carbocycles. The first kappa shape index (κ1) is 21.2. The third-order valence-electron chi connectivity index (χ3n) is 4.52. The molecular formula is C20H19BrF3N3O2. The van der Waals surface area contributed by atoms with Crippen molar-refractivity contribution >= 4 is 33.6 Å². The van der Waals surface area contributed by atoms with Crippen LogP contribution in [0.4, 0.5) is 23.7 Å². The topological polar surface area (TPSA) is 61.4 Å². The summed E-state index contributed by atoms with van der Waals surface area (Å²) >= 11 is 2.86. The van der Waals surface area contributed by atoms with E-state index in [2.05, 4.69) is 26.6 Å². The number of anilines is 1. The number of halogens is 4. The highest BCUT2D eigenvalue weighted by molar-refractivity contribution is 9.10. The van der Waals surface area contributed by atoms with Gasteiger partial charge < -0.3 is 15.5 Å². The zero-order valence-corrected chi connectivity index (χ0v) is 16.9. The molecular weight excluding hydrogens is 451 g/mol. The van der Waals surface area contributed by atoms with Gasteiger partial charge >= 0.3 is 12.2 Å². The van der Waals surface area contributed by atoms with E-state index < -0.39 is 17.8 Å². The molecule has 1 aliphatic rings. The second-order valence-corrected chi connectivity index (χ2v) is 7.59. The normalized spacial score (nSPS) is 14.2. The summed E-state index contributed by atoms with van der Waals surface area (Å²) in [6, 6.07) is 10.4. The van der Waals surface area contributed by atoms with Crippen LogP contribution in [0.5, 0.6) is 0 Å². The Morgan fingerprint density at radius 3 is 2.59 bits per heavy atom. The van der Waals surface area contributed by atoms with Gasteiger partial charge in [-0.3, -0.25) is 4.79 Å². The number of carbonyl (C=O) groups excluding carboxylic acids is 2. The molecule has 1 heterocycles. The summed E-state index contributed by atoms with van der Waals surface area (Å²) in [6.07, 6.45) is -3.08. The van der Waals surface area contributed by atoms with Gasteiger partial charge in [0, 0.05) is 36.2 Å². The maximum atomic E-state index is 13.0. The van der Waals surface area contributed by atoms with Crippen molar-refractivity contribution < 1.29 is 22.8 Å². The van der Waals surface area contributed by atoms with Crippen LogP contribution in [0.3, 0.4) is 0 Å². The van der Waals surface area contributed by atoms with Crippen molar-refractivity contribution in [1.29, 1.82) is 0 Å². The van der Waals surface area contributed by atoms with Gasteiger partial charge in [-0.15, -0.1) is 0 Å². The molecule has 0 unspecified atom stereocenters. The van der Waals surface area contributed by atoms with Gasteiger partial charge in [-0.2, -0.15) is 13.2 Å². The van der Waals surface area contributed by atoms with E-state index in [4.69, 9.17) is 0 Å². The average molecular weight is 470 g/mol. The largest absolute Gasteiger partial charge is 0.417 e. The van der Waals surface area contributed by atoms with Crippen molar-refractivity contribution in [2.45, 2.75) is 32.1 Å². The SMILES string of the molecule is O=C(NCc1cccc(CN2CCCC2=O)c1)Nc1ccc(Br)c(C(F)(F)F)c1. The van der Waals surface area contributed by atoms with Crippen LogP contribution in [-0.4, -0.2) is 23.4 Å². The Kier molecular flexibility index (Phi) is 6.46. The third kappa shape index (κ3) is 5.72. The Bertz CT molecular complexity index is 918. The number of amides is 3. The van der Waals surface area contributed by atoms with Crippen LogP contribution in [0.15, 0.2) is 46.9 Å². The predicted molar refractivity (Wildman–Crippen MR) is 106 cm³/mol. The minimum Gasteiger partial charge on any atom is -0.338 e. The lowest BCUT2D eigenvalue weighted by molar-refractivity contribution is -0.138. The van der Waals surface area contributed by atoms with E-state index in [1.807, 2.05) is 24.3 Å². The van der Waals surface area contributed by atoms with Crippen LogP contribution < -0.4 is 10.6 Å². The molecule has 3 amide bonds. The van der Waals surface area contributed by atoms with Crippen LogP contribution in [0.25, 0.3) is 0 Å². The maximum Gasteiger partial charge on any atom is 0.417 e. The molecule has 0 spiro atoms. The summed E-state index contributed by atoms with van der Waals surface area (Å²) in [5.74, 6) is 0.139. The molecule has 29 heavy (non-hydrogen) atoms. The molecule has 0 bridgehead atoms. The number of urea groups is 1. The second-order valence-electron chi connectivity index (χ2n) is 6.74. The quantitative estimate of drug-likeness (QED) is 0.653. The number of rotatable bonds is 5. The smallest absolute Gasteiger partial charge is 0.338 e. The molecule has 1 aliphatic heterocycles. The fourth-order valence-corrected chi connectivity index (χ4v) is 3.58. The van der Waals surface area contributed by atoms with Gasteiger partial charge in [-0.1, -0.05) is 40.2 Å². The Labute approximate surface area is 174 Å².